The van der Waals surface area contributed by atoms with Crippen LogP contribution in [-0.2, 0) is 26.2 Å². The molecule has 0 fully saturated rings. The standard InChI is InChI=1S/C31H39N3O5S/c1-6-20-32-31(36)29(7-2)33(21-25-11-9-8-10-24(25)4)30(35)22-34(26-14-16-27(39-5)17-15-26)40(37,38)28-18-12-23(3)13-19-28/h8-19,29H,6-7,20-22H2,1-5H3,(H,32,36). The molecule has 0 saturated carbocycles. The van der Waals surface area contributed by atoms with Crippen LogP contribution < -0.4 is 14.4 Å². The molecular formula is C31H39N3O5S. The molecule has 1 atom stereocenters. The van der Waals surface area contributed by atoms with Crippen molar-refractivity contribution in [3.05, 3.63) is 89.5 Å². The van der Waals surface area contributed by atoms with Crippen LogP contribution in [0.5, 0.6) is 5.75 Å². The third kappa shape index (κ3) is 7.41. The van der Waals surface area contributed by atoms with Gasteiger partial charge in [-0.15, -0.1) is 0 Å². The highest BCUT2D eigenvalue weighted by atomic mass is 32.2. The topological polar surface area (TPSA) is 96.0 Å². The molecule has 2 amide bonds. The van der Waals surface area contributed by atoms with Crippen LogP contribution in [0.3, 0.4) is 0 Å². The van der Waals surface area contributed by atoms with Gasteiger partial charge in [-0.05, 0) is 74.2 Å². The van der Waals surface area contributed by atoms with Gasteiger partial charge in [-0.2, -0.15) is 0 Å². The number of benzene rings is 3. The molecular weight excluding hydrogens is 526 g/mol. The van der Waals surface area contributed by atoms with Gasteiger partial charge in [0.05, 0.1) is 17.7 Å². The number of nitrogens with zero attached hydrogens (tertiary/aromatic N) is 2. The third-order valence-corrected chi connectivity index (χ3v) is 8.57. The summed E-state index contributed by atoms with van der Waals surface area (Å²) in [6.45, 7) is 7.80. The summed E-state index contributed by atoms with van der Waals surface area (Å²) >= 11 is 0. The fourth-order valence-corrected chi connectivity index (χ4v) is 5.79. The van der Waals surface area contributed by atoms with E-state index >= 15 is 0 Å². The van der Waals surface area contributed by atoms with Crippen LogP contribution in [0.2, 0.25) is 0 Å². The molecule has 1 unspecified atom stereocenters. The van der Waals surface area contributed by atoms with E-state index in [4.69, 9.17) is 4.74 Å². The summed E-state index contributed by atoms with van der Waals surface area (Å²) in [6.07, 6.45) is 1.13. The maximum Gasteiger partial charge on any atom is 0.264 e. The number of anilines is 1. The number of aryl methyl sites for hydroxylation is 2. The van der Waals surface area contributed by atoms with E-state index < -0.39 is 28.5 Å². The summed E-state index contributed by atoms with van der Waals surface area (Å²) < 4.78 is 34.2. The summed E-state index contributed by atoms with van der Waals surface area (Å²) in [4.78, 5) is 28.8. The number of rotatable bonds is 13. The van der Waals surface area contributed by atoms with Crippen molar-refractivity contribution in [3.8, 4) is 5.75 Å². The number of carbonyl (C=O) groups excluding carboxylic acids is 2. The lowest BCUT2D eigenvalue weighted by Gasteiger charge is -2.33. The minimum atomic E-state index is -4.12. The molecule has 0 aromatic heterocycles. The fraction of sp³-hybridized carbons (Fsp3) is 0.355. The minimum Gasteiger partial charge on any atom is -0.497 e. The van der Waals surface area contributed by atoms with Crippen molar-refractivity contribution in [2.24, 2.45) is 0 Å². The van der Waals surface area contributed by atoms with Gasteiger partial charge < -0.3 is 15.0 Å². The second-order valence-corrected chi connectivity index (χ2v) is 11.5. The highest BCUT2D eigenvalue weighted by Gasteiger charge is 2.33. The Balaban J connectivity index is 2.06. The first-order valence-corrected chi connectivity index (χ1v) is 14.9. The molecule has 0 aliphatic carbocycles. The molecule has 0 spiro atoms. The van der Waals surface area contributed by atoms with Gasteiger partial charge in [-0.3, -0.25) is 13.9 Å². The van der Waals surface area contributed by atoms with Crippen LogP contribution in [0, 0.1) is 13.8 Å². The molecule has 0 bridgehead atoms. The Morgan fingerprint density at radius 1 is 0.925 bits per heavy atom. The molecule has 0 saturated heterocycles. The number of hydrogen-bond donors (Lipinski definition) is 1. The Morgan fingerprint density at radius 2 is 1.57 bits per heavy atom. The van der Waals surface area contributed by atoms with Crippen molar-refractivity contribution in [1.82, 2.24) is 10.2 Å². The Hall–Kier alpha value is -3.85. The molecule has 0 radical (unpaired) electrons. The first kappa shape index (κ1) is 30.7. The van der Waals surface area contributed by atoms with Gasteiger partial charge in [0.25, 0.3) is 10.0 Å². The first-order valence-electron chi connectivity index (χ1n) is 13.5. The maximum atomic E-state index is 14.1. The van der Waals surface area contributed by atoms with Crippen LogP contribution in [0.4, 0.5) is 5.69 Å². The third-order valence-electron chi connectivity index (χ3n) is 6.79. The predicted octanol–water partition coefficient (Wildman–Crippen LogP) is 4.84. The number of methoxy groups -OCH3 is 1. The normalized spacial score (nSPS) is 11.9. The lowest BCUT2D eigenvalue weighted by atomic mass is 10.1. The van der Waals surface area contributed by atoms with E-state index in [0.29, 0.717) is 24.4 Å². The van der Waals surface area contributed by atoms with E-state index in [-0.39, 0.29) is 17.3 Å². The number of nitrogens with one attached hydrogen (secondary N) is 1. The van der Waals surface area contributed by atoms with Gasteiger partial charge in [-0.25, -0.2) is 8.42 Å². The lowest BCUT2D eigenvalue weighted by Crippen LogP contribution is -2.52. The van der Waals surface area contributed by atoms with E-state index in [1.54, 1.807) is 36.4 Å². The molecule has 214 valence electrons. The quantitative estimate of drug-likeness (QED) is 0.320. The maximum absolute atomic E-state index is 14.1. The molecule has 3 aromatic carbocycles. The Kier molecular flexibility index (Phi) is 10.7. The van der Waals surface area contributed by atoms with Crippen LogP contribution in [0.1, 0.15) is 43.4 Å². The van der Waals surface area contributed by atoms with E-state index in [1.807, 2.05) is 52.0 Å². The predicted molar refractivity (Wildman–Crippen MR) is 158 cm³/mol. The second kappa shape index (κ2) is 14.0. The molecule has 0 heterocycles. The second-order valence-electron chi connectivity index (χ2n) is 9.69. The number of sulfonamides is 1. The molecule has 8 nitrogen and oxygen atoms in total. The van der Waals surface area contributed by atoms with Gasteiger partial charge in [0.2, 0.25) is 11.8 Å². The van der Waals surface area contributed by atoms with Crippen molar-refractivity contribution in [2.45, 2.75) is 58.0 Å². The molecule has 0 aliphatic heterocycles. The van der Waals surface area contributed by atoms with Gasteiger partial charge >= 0.3 is 0 Å². The van der Waals surface area contributed by atoms with Crippen LogP contribution >= 0.6 is 0 Å². The zero-order valence-corrected chi connectivity index (χ0v) is 24.7. The van der Waals surface area contributed by atoms with Crippen molar-refractivity contribution in [2.75, 3.05) is 24.5 Å². The SMILES string of the molecule is CCCNC(=O)C(CC)N(Cc1ccccc1C)C(=O)CN(c1ccc(OC)cc1)S(=O)(=O)c1ccc(C)cc1. The number of hydrogen-bond acceptors (Lipinski definition) is 5. The average Bonchev–Trinajstić information content (AvgIpc) is 2.95. The highest BCUT2D eigenvalue weighted by Crippen LogP contribution is 2.27. The molecule has 0 aliphatic rings. The fourth-order valence-electron chi connectivity index (χ4n) is 4.37. The van der Waals surface area contributed by atoms with E-state index in [9.17, 15) is 18.0 Å². The average molecular weight is 566 g/mol. The van der Waals surface area contributed by atoms with Crippen molar-refractivity contribution < 1.29 is 22.7 Å². The summed E-state index contributed by atoms with van der Waals surface area (Å²) in [5.41, 5.74) is 3.09. The van der Waals surface area contributed by atoms with E-state index in [1.165, 1.54) is 24.1 Å². The lowest BCUT2D eigenvalue weighted by molar-refractivity contribution is -0.140. The summed E-state index contributed by atoms with van der Waals surface area (Å²) in [5.74, 6) is -0.181. The zero-order chi connectivity index (χ0) is 29.3. The Morgan fingerprint density at radius 3 is 2.15 bits per heavy atom. The summed E-state index contributed by atoms with van der Waals surface area (Å²) in [6, 6.07) is 19.9. The smallest absolute Gasteiger partial charge is 0.264 e. The molecule has 3 rings (SSSR count). The van der Waals surface area contributed by atoms with Crippen LogP contribution in [0.15, 0.2) is 77.7 Å². The number of carbonyl (C=O) groups is 2. The monoisotopic (exact) mass is 565 g/mol. The molecule has 1 N–H and O–H groups in total. The molecule has 9 heteroatoms. The number of amides is 2. The van der Waals surface area contributed by atoms with E-state index in [2.05, 4.69) is 5.32 Å². The van der Waals surface area contributed by atoms with Gasteiger partial charge in [-0.1, -0.05) is 55.8 Å². The largest absolute Gasteiger partial charge is 0.497 e. The zero-order valence-electron chi connectivity index (χ0n) is 23.9. The van der Waals surface area contributed by atoms with Gasteiger partial charge in [0.1, 0.15) is 18.3 Å². The van der Waals surface area contributed by atoms with Crippen molar-refractivity contribution in [1.29, 1.82) is 0 Å². The Labute approximate surface area is 238 Å². The summed E-state index contributed by atoms with van der Waals surface area (Å²) in [7, 11) is -2.60. The number of ether oxygens (including phenoxy) is 1. The van der Waals surface area contributed by atoms with E-state index in [0.717, 1.165) is 27.4 Å². The van der Waals surface area contributed by atoms with Gasteiger partial charge in [0, 0.05) is 13.1 Å². The van der Waals surface area contributed by atoms with Crippen molar-refractivity contribution in [3.63, 3.8) is 0 Å². The molecule has 40 heavy (non-hydrogen) atoms. The van der Waals surface area contributed by atoms with Crippen molar-refractivity contribution >= 4 is 27.5 Å². The van der Waals surface area contributed by atoms with Crippen LogP contribution in [0.25, 0.3) is 0 Å². The van der Waals surface area contributed by atoms with Gasteiger partial charge in [0.15, 0.2) is 0 Å². The highest BCUT2D eigenvalue weighted by molar-refractivity contribution is 7.92. The minimum absolute atomic E-state index is 0.0694. The van der Waals surface area contributed by atoms with Crippen LogP contribution in [-0.4, -0.2) is 51.4 Å². The first-order chi connectivity index (χ1) is 19.1. The summed E-state index contributed by atoms with van der Waals surface area (Å²) in [5, 5.41) is 2.90. The molecule has 3 aromatic rings. The Bertz CT molecular complexity index is 1390.